The molecule has 0 fully saturated rings. The highest BCUT2D eigenvalue weighted by atomic mass is 28.4. The second-order valence-electron chi connectivity index (χ2n) is 3.27. The van der Waals surface area contributed by atoms with Gasteiger partial charge < -0.3 is 8.23 Å². The van der Waals surface area contributed by atoms with E-state index in [0.29, 0.717) is 0 Å². The first-order valence-corrected chi connectivity index (χ1v) is 11.0. The van der Waals surface area contributed by atoms with Crippen LogP contribution in [0.4, 0.5) is 0 Å². The third-order valence-corrected chi connectivity index (χ3v) is 8.90. The first-order valence-electron chi connectivity index (χ1n) is 5.22. The van der Waals surface area contributed by atoms with E-state index in [-0.39, 0.29) is 0 Å². The van der Waals surface area contributed by atoms with Crippen molar-refractivity contribution in [2.24, 2.45) is 0 Å². The van der Waals surface area contributed by atoms with Crippen LogP contribution in [0.25, 0.3) is 0 Å². The molecule has 2 atom stereocenters. The number of benzene rings is 1. The summed E-state index contributed by atoms with van der Waals surface area (Å²) in [6.45, 7) is 8.06. The van der Waals surface area contributed by atoms with Crippen molar-refractivity contribution in [2.45, 2.75) is 13.1 Å². The molecule has 1 rings (SSSR count). The van der Waals surface area contributed by atoms with E-state index < -0.39 is 28.1 Å². The summed E-state index contributed by atoms with van der Waals surface area (Å²) in [6.07, 6.45) is 0. The Morgan fingerprint density at radius 1 is 1.33 bits per heavy atom. The van der Waals surface area contributed by atoms with Gasteiger partial charge in [0.15, 0.2) is 9.04 Å². The van der Waals surface area contributed by atoms with Crippen molar-refractivity contribution in [1.82, 2.24) is 0 Å². The quantitative estimate of drug-likeness (QED) is 0.683. The predicted molar refractivity (Wildman–Crippen MR) is 73.0 cm³/mol. The normalized spacial score (nSPS) is 15.3. The van der Waals surface area contributed by atoms with E-state index >= 15 is 0 Å². The Kier molecular flexibility index (Phi) is 5.81. The number of hydrogen-bond donors (Lipinski definition) is 0. The van der Waals surface area contributed by atoms with Crippen molar-refractivity contribution in [3.8, 4) is 0 Å². The first kappa shape index (κ1) is 12.6. The van der Waals surface area contributed by atoms with Gasteiger partial charge in [-0.3, -0.25) is 0 Å². The van der Waals surface area contributed by atoms with E-state index in [9.17, 15) is 0 Å². The monoisotopic (exact) mass is 254 g/mol. The Balaban J connectivity index is 2.69. The van der Waals surface area contributed by atoms with Gasteiger partial charge in [-0.25, -0.2) is 0 Å². The van der Waals surface area contributed by atoms with Crippen LogP contribution in [0.15, 0.2) is 42.6 Å². The molecule has 0 saturated heterocycles. The average molecular weight is 255 g/mol. The highest BCUT2D eigenvalue weighted by Crippen LogP contribution is 1.96. The molecule has 0 aliphatic carbocycles. The van der Waals surface area contributed by atoms with Crippen LogP contribution < -0.4 is 5.19 Å². The van der Waals surface area contributed by atoms with Crippen LogP contribution >= 0.6 is 0 Å². The molecule has 1 aromatic rings. The van der Waals surface area contributed by atoms with Crippen LogP contribution in [0.1, 0.15) is 0 Å². The maximum Gasteiger partial charge on any atom is 0.334 e. The van der Waals surface area contributed by atoms with Crippen molar-refractivity contribution in [1.29, 1.82) is 0 Å². The Bertz CT molecular complexity index is 292. The maximum atomic E-state index is 6.00. The zero-order valence-electron chi connectivity index (χ0n) is 9.35. The fourth-order valence-electron chi connectivity index (χ4n) is 1.23. The fourth-order valence-corrected chi connectivity index (χ4v) is 7.40. The zero-order chi connectivity index (χ0) is 11.1. The molecule has 0 radical (unpaired) electrons. The van der Waals surface area contributed by atoms with Crippen LogP contribution in [0.5, 0.6) is 0 Å². The van der Waals surface area contributed by atoms with Crippen LogP contribution in [0.3, 0.4) is 0 Å². The summed E-state index contributed by atoms with van der Waals surface area (Å²) in [5, 5.41) is 1.24. The third-order valence-electron chi connectivity index (χ3n) is 2.06. The molecule has 0 spiro atoms. The lowest BCUT2D eigenvalue weighted by Gasteiger charge is -2.19. The minimum absolute atomic E-state index is 0.403. The van der Waals surface area contributed by atoms with Gasteiger partial charge in [0.05, 0.1) is 0 Å². The summed E-state index contributed by atoms with van der Waals surface area (Å²) < 4.78 is 11.8. The molecular formula is C10H18O2Si3. The summed E-state index contributed by atoms with van der Waals surface area (Å²) in [5.41, 5.74) is 1.95. The van der Waals surface area contributed by atoms with Crippen molar-refractivity contribution in [3.05, 3.63) is 42.6 Å². The van der Waals surface area contributed by atoms with Gasteiger partial charge in [0, 0.05) is 0 Å². The van der Waals surface area contributed by atoms with E-state index in [0.717, 1.165) is 0 Å². The molecule has 0 amide bonds. The second-order valence-corrected chi connectivity index (χ2v) is 9.49. The molecule has 5 heteroatoms. The summed E-state index contributed by atoms with van der Waals surface area (Å²) in [5.74, 6) is 0. The van der Waals surface area contributed by atoms with Crippen molar-refractivity contribution >= 4 is 33.3 Å². The van der Waals surface area contributed by atoms with Gasteiger partial charge in [0.2, 0.25) is 0 Å². The van der Waals surface area contributed by atoms with Crippen molar-refractivity contribution in [3.63, 3.8) is 0 Å². The molecule has 0 N–H and O–H groups in total. The van der Waals surface area contributed by atoms with Crippen molar-refractivity contribution in [2.75, 3.05) is 0 Å². The largest absolute Gasteiger partial charge is 0.441 e. The summed E-state index contributed by atoms with van der Waals surface area (Å²) >= 11 is 0. The topological polar surface area (TPSA) is 18.5 Å². The van der Waals surface area contributed by atoms with E-state index in [1.165, 1.54) is 5.19 Å². The Labute approximate surface area is 97.5 Å². The minimum atomic E-state index is -1.62. The molecule has 0 heterocycles. The molecule has 2 unspecified atom stereocenters. The van der Waals surface area contributed by atoms with Gasteiger partial charge in [0.1, 0.15) is 9.76 Å². The first-order chi connectivity index (χ1) is 7.27. The maximum absolute atomic E-state index is 6.00. The Morgan fingerprint density at radius 3 is 2.53 bits per heavy atom. The minimum Gasteiger partial charge on any atom is -0.441 e. The number of rotatable bonds is 6. The van der Waals surface area contributed by atoms with Gasteiger partial charge >= 0.3 is 9.28 Å². The molecule has 0 aliphatic rings. The lowest BCUT2D eigenvalue weighted by molar-refractivity contribution is 0.468. The van der Waals surface area contributed by atoms with Crippen molar-refractivity contribution < 1.29 is 8.23 Å². The van der Waals surface area contributed by atoms with Crippen LogP contribution in [-0.4, -0.2) is 28.1 Å². The molecule has 1 aromatic carbocycles. The third kappa shape index (κ3) is 4.27. The van der Waals surface area contributed by atoms with Crippen LogP contribution in [0.2, 0.25) is 13.1 Å². The Hall–Kier alpha value is -0.469. The summed E-state index contributed by atoms with van der Waals surface area (Å²) in [6, 6.07) is 10.3. The standard InChI is InChI=1S/C10H18O2Si3/c1-4-14(3)12-15(11-13-2)10-8-6-5-7-9-10/h4-9,14-15H,1,13H2,2-3H3. The van der Waals surface area contributed by atoms with E-state index in [4.69, 9.17) is 8.23 Å². The molecular weight excluding hydrogens is 236 g/mol. The van der Waals surface area contributed by atoms with Gasteiger partial charge in [-0.2, -0.15) is 0 Å². The van der Waals surface area contributed by atoms with Gasteiger partial charge in [-0.1, -0.05) is 42.6 Å². The van der Waals surface area contributed by atoms with E-state index in [2.05, 4.69) is 31.8 Å². The lowest BCUT2D eigenvalue weighted by atomic mass is 10.4. The average Bonchev–Trinajstić information content (AvgIpc) is 2.29. The summed E-state index contributed by atoms with van der Waals surface area (Å²) in [4.78, 5) is 0. The predicted octanol–water partition coefficient (Wildman–Crippen LogP) is 0.358. The molecule has 0 aliphatic heterocycles. The molecule has 2 nitrogen and oxygen atoms in total. The van der Waals surface area contributed by atoms with Gasteiger partial charge in [-0.15, -0.1) is 6.58 Å². The second kappa shape index (κ2) is 6.91. The molecule has 0 saturated carbocycles. The van der Waals surface area contributed by atoms with Crippen LogP contribution in [0, 0.1) is 0 Å². The fraction of sp³-hybridized carbons (Fsp3) is 0.200. The van der Waals surface area contributed by atoms with Crippen LogP contribution in [-0.2, 0) is 8.23 Å². The lowest BCUT2D eigenvalue weighted by Crippen LogP contribution is -2.41. The molecule has 82 valence electrons. The summed E-state index contributed by atoms with van der Waals surface area (Å²) in [7, 11) is -3.24. The molecule has 0 aromatic heterocycles. The number of hydrogen-bond acceptors (Lipinski definition) is 2. The highest BCUT2D eigenvalue weighted by Gasteiger charge is 2.17. The smallest absolute Gasteiger partial charge is 0.334 e. The molecule has 15 heavy (non-hydrogen) atoms. The molecule has 0 bridgehead atoms. The zero-order valence-corrected chi connectivity index (χ0v) is 13.1. The van der Waals surface area contributed by atoms with Gasteiger partial charge in [-0.05, 0) is 11.7 Å². The highest BCUT2D eigenvalue weighted by molar-refractivity contribution is 6.74. The van der Waals surface area contributed by atoms with E-state index in [1.807, 2.05) is 23.9 Å². The Morgan fingerprint density at radius 2 is 2.00 bits per heavy atom. The SMILES string of the molecule is C=C[SiH](C)O[SiH](O[SiH2]C)c1ccccc1. The van der Waals surface area contributed by atoms with Gasteiger partial charge in [0.25, 0.3) is 0 Å². The van der Waals surface area contributed by atoms with E-state index in [1.54, 1.807) is 0 Å².